The van der Waals surface area contributed by atoms with Gasteiger partial charge in [0.2, 0.25) is 10.0 Å². The van der Waals surface area contributed by atoms with Crippen LogP contribution in [0.15, 0.2) is 70.5 Å². The molecule has 0 fully saturated rings. The first-order valence-corrected chi connectivity index (χ1v) is 11.7. The fraction of sp³-hybridized carbons (Fsp3) is 0.227. The second kappa shape index (κ2) is 11.0. The van der Waals surface area contributed by atoms with E-state index < -0.39 is 33.4 Å². The van der Waals surface area contributed by atoms with Crippen LogP contribution < -0.4 is 26.1 Å². The average Bonchev–Trinajstić information content (AvgIpc) is 2.82. The van der Waals surface area contributed by atoms with Gasteiger partial charge in [0.1, 0.15) is 18.4 Å². The molecule has 0 aliphatic carbocycles. The molecule has 34 heavy (non-hydrogen) atoms. The first-order chi connectivity index (χ1) is 16.2. The Morgan fingerprint density at radius 3 is 2.53 bits per heavy atom. The molecule has 0 radical (unpaired) electrons. The summed E-state index contributed by atoms with van der Waals surface area (Å²) >= 11 is 0. The smallest absolute Gasteiger partial charge is 0.323 e. The number of aliphatic carboxylic acids is 1. The number of Topliss-reactive ketones (excluding diaryl/α,β-unsaturated/α-hetero) is 1. The number of carbonyl (C=O) groups is 2. The highest BCUT2D eigenvalue weighted by Gasteiger charge is 2.25. The molecule has 0 saturated carbocycles. The SMILES string of the molecule is NCCOc1ccc2cc(C(=O)CNCC(NS(=O)(=O)c3ccccc3)C(=O)O)cc(=O)n2c1. The number of nitrogens with one attached hydrogen (secondary N) is 2. The lowest BCUT2D eigenvalue weighted by molar-refractivity contribution is -0.138. The van der Waals surface area contributed by atoms with Crippen molar-refractivity contribution in [1.82, 2.24) is 14.4 Å². The molecule has 1 atom stereocenters. The van der Waals surface area contributed by atoms with Gasteiger partial charge in [0.25, 0.3) is 5.56 Å². The minimum atomic E-state index is -4.06. The lowest BCUT2D eigenvalue weighted by Gasteiger charge is -2.15. The van der Waals surface area contributed by atoms with Crippen LogP contribution in [0.4, 0.5) is 0 Å². The van der Waals surface area contributed by atoms with Crippen molar-refractivity contribution in [3.05, 3.63) is 76.7 Å². The van der Waals surface area contributed by atoms with Crippen LogP contribution in [0.3, 0.4) is 0 Å². The Labute approximate surface area is 195 Å². The van der Waals surface area contributed by atoms with Gasteiger partial charge >= 0.3 is 5.97 Å². The van der Waals surface area contributed by atoms with Gasteiger partial charge in [-0.25, -0.2) is 8.42 Å². The van der Waals surface area contributed by atoms with E-state index in [9.17, 15) is 27.9 Å². The van der Waals surface area contributed by atoms with E-state index in [0.717, 1.165) is 6.07 Å². The molecule has 1 aromatic carbocycles. The van der Waals surface area contributed by atoms with Gasteiger partial charge in [-0.2, -0.15) is 4.72 Å². The van der Waals surface area contributed by atoms with Gasteiger partial charge in [0.05, 0.1) is 17.6 Å². The molecule has 3 rings (SSSR count). The number of fused-ring (bicyclic) bond motifs is 1. The van der Waals surface area contributed by atoms with Crippen molar-refractivity contribution in [3.8, 4) is 5.75 Å². The minimum Gasteiger partial charge on any atom is -0.491 e. The van der Waals surface area contributed by atoms with E-state index in [1.807, 2.05) is 0 Å². The highest BCUT2D eigenvalue weighted by atomic mass is 32.2. The van der Waals surface area contributed by atoms with E-state index in [4.69, 9.17) is 10.5 Å². The van der Waals surface area contributed by atoms with Gasteiger partial charge in [0, 0.05) is 30.2 Å². The van der Waals surface area contributed by atoms with Crippen LogP contribution in [0.1, 0.15) is 10.4 Å². The number of nitrogens with zero attached hydrogens (tertiary/aromatic N) is 1. The van der Waals surface area contributed by atoms with Crippen LogP contribution in [-0.4, -0.2) is 62.0 Å². The number of hydrogen-bond donors (Lipinski definition) is 4. The van der Waals surface area contributed by atoms with Crippen LogP contribution >= 0.6 is 0 Å². The first kappa shape index (κ1) is 25.1. The van der Waals surface area contributed by atoms with Crippen molar-refractivity contribution in [2.45, 2.75) is 10.9 Å². The molecule has 2 aromatic heterocycles. The Hall–Kier alpha value is -3.58. The number of ether oxygens (including phenoxy) is 1. The van der Waals surface area contributed by atoms with Gasteiger partial charge in [-0.15, -0.1) is 0 Å². The van der Waals surface area contributed by atoms with Crippen LogP contribution in [0.25, 0.3) is 5.52 Å². The first-order valence-electron chi connectivity index (χ1n) is 10.2. The summed E-state index contributed by atoms with van der Waals surface area (Å²) in [6, 6.07) is 11.8. The fourth-order valence-corrected chi connectivity index (χ4v) is 4.30. The van der Waals surface area contributed by atoms with Gasteiger partial charge in [-0.05, 0) is 30.3 Å². The third-order valence-corrected chi connectivity index (χ3v) is 6.25. The number of carboxylic acid groups (broad SMARTS) is 1. The number of nitrogens with two attached hydrogens (primary N) is 1. The molecule has 3 aromatic rings. The zero-order valence-corrected chi connectivity index (χ0v) is 18.8. The summed E-state index contributed by atoms with van der Waals surface area (Å²) in [7, 11) is -4.06. The second-order valence-corrected chi connectivity index (χ2v) is 8.97. The second-order valence-electron chi connectivity index (χ2n) is 7.26. The molecule has 1 unspecified atom stereocenters. The van der Waals surface area contributed by atoms with E-state index in [1.165, 1.54) is 40.9 Å². The van der Waals surface area contributed by atoms with Crippen LogP contribution in [0.5, 0.6) is 5.75 Å². The van der Waals surface area contributed by atoms with Crippen LogP contribution in [0, 0.1) is 0 Å². The Morgan fingerprint density at radius 1 is 1.12 bits per heavy atom. The lowest BCUT2D eigenvalue weighted by Crippen LogP contribution is -2.47. The third kappa shape index (κ3) is 6.26. The number of carboxylic acids is 1. The highest BCUT2D eigenvalue weighted by Crippen LogP contribution is 2.13. The Balaban J connectivity index is 1.66. The number of rotatable bonds is 12. The minimum absolute atomic E-state index is 0.0782. The summed E-state index contributed by atoms with van der Waals surface area (Å²) in [6.45, 7) is -0.0309. The Kier molecular flexibility index (Phi) is 8.12. The van der Waals surface area contributed by atoms with Gasteiger partial charge < -0.3 is 20.9 Å². The van der Waals surface area contributed by atoms with Crippen LogP contribution in [-0.2, 0) is 14.8 Å². The monoisotopic (exact) mass is 488 g/mol. The van der Waals surface area contributed by atoms with Gasteiger partial charge in [-0.1, -0.05) is 18.2 Å². The van der Waals surface area contributed by atoms with E-state index in [0.29, 0.717) is 24.4 Å². The number of pyridine rings is 2. The molecule has 0 spiro atoms. The molecule has 0 aliphatic rings. The third-order valence-electron chi connectivity index (χ3n) is 4.76. The summed E-state index contributed by atoms with van der Waals surface area (Å²) < 4.78 is 33.6. The van der Waals surface area contributed by atoms with Crippen molar-refractivity contribution < 1.29 is 27.9 Å². The average molecular weight is 489 g/mol. The van der Waals surface area contributed by atoms with E-state index >= 15 is 0 Å². The molecule has 180 valence electrons. The molecule has 12 heteroatoms. The van der Waals surface area contributed by atoms with Crippen molar-refractivity contribution in [3.63, 3.8) is 0 Å². The maximum Gasteiger partial charge on any atom is 0.323 e. The molecule has 0 bridgehead atoms. The molecule has 2 heterocycles. The molecule has 0 amide bonds. The summed E-state index contributed by atoms with van der Waals surface area (Å²) in [5, 5.41) is 12.0. The normalized spacial score (nSPS) is 12.4. The zero-order valence-electron chi connectivity index (χ0n) is 18.0. The summed E-state index contributed by atoms with van der Waals surface area (Å²) in [5.74, 6) is -1.41. The molecule has 11 nitrogen and oxygen atoms in total. The number of hydrogen-bond acceptors (Lipinski definition) is 8. The molecular weight excluding hydrogens is 464 g/mol. The van der Waals surface area contributed by atoms with Crippen LogP contribution in [0.2, 0.25) is 0 Å². The summed E-state index contributed by atoms with van der Waals surface area (Å²) in [4.78, 5) is 36.5. The molecule has 0 aliphatic heterocycles. The molecular formula is C22H24N4O7S. The Bertz CT molecular complexity index is 1340. The largest absolute Gasteiger partial charge is 0.491 e. The van der Waals surface area contributed by atoms with Crippen molar-refractivity contribution in [2.24, 2.45) is 5.73 Å². The molecule has 0 saturated heterocycles. The highest BCUT2D eigenvalue weighted by molar-refractivity contribution is 7.89. The standard InChI is InChI=1S/C22H24N4O7S/c23-8-9-33-17-7-6-16-10-15(11-21(28)26(16)14-17)20(27)13-24-12-19(22(29)30)25-34(31,32)18-4-2-1-3-5-18/h1-7,10-11,14,19,24-25H,8-9,12-13,23H2,(H,29,30). The number of benzene rings is 1. The number of carbonyl (C=O) groups excluding carboxylic acids is 1. The predicted octanol–water partition coefficient (Wildman–Crippen LogP) is -0.159. The summed E-state index contributed by atoms with van der Waals surface area (Å²) in [6.07, 6.45) is 1.50. The zero-order chi connectivity index (χ0) is 24.7. The quantitative estimate of drug-likeness (QED) is 0.253. The lowest BCUT2D eigenvalue weighted by atomic mass is 10.1. The topological polar surface area (TPSA) is 169 Å². The van der Waals surface area contributed by atoms with Crippen molar-refractivity contribution in [2.75, 3.05) is 26.2 Å². The maximum atomic E-state index is 12.6. The fourth-order valence-electron chi connectivity index (χ4n) is 3.09. The van der Waals surface area contributed by atoms with Crippen molar-refractivity contribution in [1.29, 1.82) is 0 Å². The van der Waals surface area contributed by atoms with E-state index in [-0.39, 0.29) is 23.5 Å². The maximum absolute atomic E-state index is 12.6. The Morgan fingerprint density at radius 2 is 1.85 bits per heavy atom. The van der Waals surface area contributed by atoms with Gasteiger partial charge in [-0.3, -0.25) is 18.8 Å². The number of ketones is 1. The van der Waals surface area contributed by atoms with E-state index in [1.54, 1.807) is 18.2 Å². The van der Waals surface area contributed by atoms with E-state index in [2.05, 4.69) is 10.0 Å². The molecule has 5 N–H and O–H groups in total. The number of sulfonamides is 1. The summed E-state index contributed by atoms with van der Waals surface area (Å²) in [5.41, 5.74) is 5.55. The number of aromatic nitrogens is 1. The van der Waals surface area contributed by atoms with Crippen molar-refractivity contribution >= 4 is 27.3 Å². The predicted molar refractivity (Wildman–Crippen MR) is 124 cm³/mol. The van der Waals surface area contributed by atoms with Gasteiger partial charge in [0.15, 0.2) is 5.78 Å².